The summed E-state index contributed by atoms with van der Waals surface area (Å²) in [5, 5.41) is 0.508. The normalized spacial score (nSPS) is 13.8. The fourth-order valence-electron chi connectivity index (χ4n) is 3.78. The number of hydrogen-bond donors (Lipinski definition) is 0. The number of nitrogens with zero attached hydrogens (tertiary/aromatic N) is 1. The maximum atomic E-state index is 12.7. The molecule has 5 rings (SSSR count). The van der Waals surface area contributed by atoms with Gasteiger partial charge in [0.05, 0.1) is 18.6 Å². The van der Waals surface area contributed by atoms with Gasteiger partial charge < -0.3 is 23.5 Å². The van der Waals surface area contributed by atoms with Crippen molar-refractivity contribution in [3.05, 3.63) is 100 Å². The summed E-state index contributed by atoms with van der Waals surface area (Å²) < 4.78 is 23.4. The molecule has 6 heteroatoms. The van der Waals surface area contributed by atoms with Crippen molar-refractivity contribution in [3.63, 3.8) is 0 Å². The average Bonchev–Trinajstić information content (AvgIpc) is 2.88. The lowest BCUT2D eigenvalue weighted by molar-refractivity contribution is 0.120. The third kappa shape index (κ3) is 5.02. The van der Waals surface area contributed by atoms with Gasteiger partial charge in [-0.15, -0.1) is 0 Å². The third-order valence-electron chi connectivity index (χ3n) is 5.59. The number of para-hydroxylation sites is 1. The molecule has 6 nitrogen and oxygen atoms in total. The molecule has 33 heavy (non-hydrogen) atoms. The van der Waals surface area contributed by atoms with Gasteiger partial charge in [0.1, 0.15) is 19.0 Å². The zero-order valence-electron chi connectivity index (χ0n) is 18.2. The van der Waals surface area contributed by atoms with Crippen molar-refractivity contribution >= 4 is 16.9 Å². The van der Waals surface area contributed by atoms with Crippen LogP contribution in [0.15, 0.2) is 88.1 Å². The van der Waals surface area contributed by atoms with Crippen LogP contribution in [0.3, 0.4) is 0 Å². The first-order valence-electron chi connectivity index (χ1n) is 11.0. The number of anilines is 1. The molecule has 0 bridgehead atoms. The highest BCUT2D eigenvalue weighted by atomic mass is 16.5. The van der Waals surface area contributed by atoms with Crippen molar-refractivity contribution in [1.29, 1.82) is 0 Å². The van der Waals surface area contributed by atoms with Crippen molar-refractivity contribution in [2.75, 3.05) is 31.2 Å². The van der Waals surface area contributed by atoms with Crippen LogP contribution in [0.1, 0.15) is 11.1 Å². The standard InChI is InChI=1S/C27H25NO5/c29-24-17-26(28-13-15-30-16-14-28)33-27-23(24)7-4-8-25(27)32-19-21-9-11-22(12-10-21)31-18-20-5-2-1-3-6-20/h1-12,17H,13-16,18-19H2. The highest BCUT2D eigenvalue weighted by Crippen LogP contribution is 2.28. The van der Waals surface area contributed by atoms with Gasteiger partial charge in [-0.1, -0.05) is 48.5 Å². The van der Waals surface area contributed by atoms with Crippen LogP contribution in [0.4, 0.5) is 5.88 Å². The van der Waals surface area contributed by atoms with Crippen LogP contribution in [0, 0.1) is 0 Å². The smallest absolute Gasteiger partial charge is 0.200 e. The SMILES string of the molecule is O=c1cc(N2CCOCC2)oc2c(OCc3ccc(OCc4ccccc4)cc3)cccc12. The van der Waals surface area contributed by atoms with Gasteiger partial charge in [-0.2, -0.15) is 0 Å². The number of hydrogen-bond acceptors (Lipinski definition) is 6. The molecule has 0 spiro atoms. The van der Waals surface area contributed by atoms with E-state index in [1.807, 2.05) is 71.6 Å². The lowest BCUT2D eigenvalue weighted by atomic mass is 10.2. The van der Waals surface area contributed by atoms with Crippen LogP contribution in [0.25, 0.3) is 11.0 Å². The summed E-state index contributed by atoms with van der Waals surface area (Å²) in [6.07, 6.45) is 0. The van der Waals surface area contributed by atoms with E-state index >= 15 is 0 Å². The van der Waals surface area contributed by atoms with Gasteiger partial charge in [0.15, 0.2) is 22.6 Å². The van der Waals surface area contributed by atoms with Gasteiger partial charge in [-0.3, -0.25) is 4.79 Å². The largest absolute Gasteiger partial charge is 0.489 e. The first kappa shape index (κ1) is 21.1. The fourth-order valence-corrected chi connectivity index (χ4v) is 3.78. The Balaban J connectivity index is 1.29. The third-order valence-corrected chi connectivity index (χ3v) is 5.59. The molecule has 0 radical (unpaired) electrons. The van der Waals surface area contributed by atoms with Crippen LogP contribution in [0.5, 0.6) is 11.5 Å². The molecule has 1 aliphatic rings. The van der Waals surface area contributed by atoms with Crippen molar-refractivity contribution < 1.29 is 18.6 Å². The molecule has 4 aromatic rings. The fraction of sp³-hybridized carbons (Fsp3) is 0.222. The number of fused-ring (bicyclic) bond motifs is 1. The molecule has 3 aromatic carbocycles. The maximum Gasteiger partial charge on any atom is 0.200 e. The Kier molecular flexibility index (Phi) is 6.26. The molecule has 0 aliphatic carbocycles. The Morgan fingerprint density at radius 2 is 1.52 bits per heavy atom. The lowest BCUT2D eigenvalue weighted by Gasteiger charge is -2.27. The minimum Gasteiger partial charge on any atom is -0.489 e. The lowest BCUT2D eigenvalue weighted by Crippen LogP contribution is -2.36. The van der Waals surface area contributed by atoms with Crippen LogP contribution < -0.4 is 19.8 Å². The van der Waals surface area contributed by atoms with Crippen LogP contribution >= 0.6 is 0 Å². The molecule has 1 saturated heterocycles. The number of benzene rings is 3. The summed E-state index contributed by atoms with van der Waals surface area (Å²) in [7, 11) is 0. The quantitative estimate of drug-likeness (QED) is 0.409. The average molecular weight is 443 g/mol. The van der Waals surface area contributed by atoms with Crippen LogP contribution in [-0.2, 0) is 18.0 Å². The summed E-state index contributed by atoms with van der Waals surface area (Å²) in [6.45, 7) is 3.49. The molecule has 0 atom stereocenters. The van der Waals surface area contributed by atoms with E-state index in [4.69, 9.17) is 18.6 Å². The molecular formula is C27H25NO5. The van der Waals surface area contributed by atoms with E-state index in [2.05, 4.69) is 0 Å². The minimum atomic E-state index is -0.0805. The second kappa shape index (κ2) is 9.79. The monoisotopic (exact) mass is 443 g/mol. The molecule has 1 aliphatic heterocycles. The van der Waals surface area contributed by atoms with Crippen LogP contribution in [0.2, 0.25) is 0 Å². The van der Waals surface area contributed by atoms with E-state index in [1.165, 1.54) is 0 Å². The number of rotatable bonds is 7. The first-order chi connectivity index (χ1) is 16.3. The van der Waals surface area contributed by atoms with Crippen molar-refractivity contribution in [1.82, 2.24) is 0 Å². The van der Waals surface area contributed by atoms with Crippen LogP contribution in [-0.4, -0.2) is 26.3 Å². The molecular weight excluding hydrogens is 418 g/mol. The molecule has 2 heterocycles. The topological polar surface area (TPSA) is 61.1 Å². The summed E-state index contributed by atoms with van der Waals surface area (Å²) >= 11 is 0. The maximum absolute atomic E-state index is 12.7. The summed E-state index contributed by atoms with van der Waals surface area (Å²) in [5.74, 6) is 1.89. The Morgan fingerprint density at radius 3 is 2.30 bits per heavy atom. The van der Waals surface area contributed by atoms with Gasteiger partial charge in [0, 0.05) is 19.2 Å². The highest BCUT2D eigenvalue weighted by Gasteiger charge is 2.17. The molecule has 1 fully saturated rings. The van der Waals surface area contributed by atoms with Gasteiger partial charge in [0.2, 0.25) is 0 Å². The van der Waals surface area contributed by atoms with Crippen molar-refractivity contribution in [2.24, 2.45) is 0 Å². The zero-order valence-corrected chi connectivity index (χ0v) is 18.2. The van der Waals surface area contributed by atoms with Crippen molar-refractivity contribution in [2.45, 2.75) is 13.2 Å². The predicted octanol–water partition coefficient (Wildman–Crippen LogP) is 4.79. The summed E-state index contributed by atoms with van der Waals surface area (Å²) in [5.41, 5.74) is 2.50. The number of ether oxygens (including phenoxy) is 3. The Morgan fingerprint density at radius 1 is 0.788 bits per heavy atom. The molecule has 1 aromatic heterocycles. The molecule has 0 N–H and O–H groups in total. The van der Waals surface area contributed by atoms with Gasteiger partial charge >= 0.3 is 0 Å². The van der Waals surface area contributed by atoms with E-state index < -0.39 is 0 Å². The molecule has 0 saturated carbocycles. The predicted molar refractivity (Wildman–Crippen MR) is 127 cm³/mol. The Labute approximate surface area is 191 Å². The first-order valence-corrected chi connectivity index (χ1v) is 11.0. The number of morpholine rings is 1. The summed E-state index contributed by atoms with van der Waals surface area (Å²) in [6, 6.07) is 24.8. The van der Waals surface area contributed by atoms with E-state index in [1.54, 1.807) is 12.1 Å². The molecule has 0 amide bonds. The minimum absolute atomic E-state index is 0.0805. The Bertz CT molecular complexity index is 1260. The van der Waals surface area contributed by atoms with E-state index in [9.17, 15) is 4.79 Å². The van der Waals surface area contributed by atoms with Gasteiger partial charge in [0.25, 0.3) is 0 Å². The van der Waals surface area contributed by atoms with E-state index in [-0.39, 0.29) is 5.43 Å². The van der Waals surface area contributed by atoms with E-state index in [0.29, 0.717) is 62.1 Å². The van der Waals surface area contributed by atoms with Gasteiger partial charge in [-0.05, 0) is 35.4 Å². The zero-order chi connectivity index (χ0) is 22.5. The van der Waals surface area contributed by atoms with Crippen molar-refractivity contribution in [3.8, 4) is 11.5 Å². The highest BCUT2D eigenvalue weighted by molar-refractivity contribution is 5.83. The summed E-state index contributed by atoms with van der Waals surface area (Å²) in [4.78, 5) is 14.7. The second-order valence-electron chi connectivity index (χ2n) is 7.89. The molecule has 168 valence electrons. The molecule has 0 unspecified atom stereocenters. The van der Waals surface area contributed by atoms with Gasteiger partial charge in [-0.25, -0.2) is 0 Å². The second-order valence-corrected chi connectivity index (χ2v) is 7.89. The Hall–Kier alpha value is -3.77. The van der Waals surface area contributed by atoms with E-state index in [0.717, 1.165) is 16.9 Å².